The fourth-order valence-corrected chi connectivity index (χ4v) is 3.07. The standard InChI is InChI=1S/C22H19ClN4O2/c1-14(2)29-17-10-8-15(9-11-17)22(28)24-19-13-21-20(12-18(19)23)25-27(26-21)16-6-4-3-5-7-16/h3-14H,1-2H3,(H,24,28). The third-order valence-electron chi connectivity index (χ3n) is 4.19. The van der Waals surface area contributed by atoms with Crippen LogP contribution in [0.1, 0.15) is 24.2 Å². The van der Waals surface area contributed by atoms with Crippen LogP contribution in [0.15, 0.2) is 66.7 Å². The third kappa shape index (κ3) is 4.22. The molecule has 1 N–H and O–H groups in total. The molecule has 0 fully saturated rings. The van der Waals surface area contributed by atoms with Gasteiger partial charge < -0.3 is 10.1 Å². The molecule has 4 rings (SSSR count). The molecular formula is C22H19ClN4O2. The van der Waals surface area contributed by atoms with E-state index in [9.17, 15) is 4.79 Å². The van der Waals surface area contributed by atoms with Crippen LogP contribution in [-0.2, 0) is 0 Å². The molecule has 7 heteroatoms. The topological polar surface area (TPSA) is 69.0 Å². The highest BCUT2D eigenvalue weighted by Crippen LogP contribution is 2.27. The molecule has 0 aliphatic heterocycles. The minimum absolute atomic E-state index is 0.0736. The highest BCUT2D eigenvalue weighted by Gasteiger charge is 2.13. The first kappa shape index (κ1) is 19.0. The zero-order valence-electron chi connectivity index (χ0n) is 16.0. The lowest BCUT2D eigenvalue weighted by Crippen LogP contribution is -2.12. The molecule has 0 aliphatic rings. The number of nitrogens with zero attached hydrogens (tertiary/aromatic N) is 3. The number of nitrogens with one attached hydrogen (secondary N) is 1. The molecule has 146 valence electrons. The molecule has 0 unspecified atom stereocenters. The van der Waals surface area contributed by atoms with Crippen LogP contribution in [0.25, 0.3) is 16.7 Å². The van der Waals surface area contributed by atoms with Crippen molar-refractivity contribution in [1.29, 1.82) is 0 Å². The molecule has 3 aromatic carbocycles. The van der Waals surface area contributed by atoms with Crippen molar-refractivity contribution in [1.82, 2.24) is 15.0 Å². The van der Waals surface area contributed by atoms with Crippen molar-refractivity contribution in [2.24, 2.45) is 0 Å². The van der Waals surface area contributed by atoms with Gasteiger partial charge in [-0.15, -0.1) is 10.2 Å². The Morgan fingerprint density at radius 2 is 1.66 bits per heavy atom. The van der Waals surface area contributed by atoms with Gasteiger partial charge in [0.05, 0.1) is 22.5 Å². The van der Waals surface area contributed by atoms with Crippen LogP contribution in [0.3, 0.4) is 0 Å². The lowest BCUT2D eigenvalue weighted by molar-refractivity contribution is 0.102. The van der Waals surface area contributed by atoms with Gasteiger partial charge in [0.1, 0.15) is 16.8 Å². The molecule has 0 saturated carbocycles. The Balaban J connectivity index is 1.57. The molecule has 0 saturated heterocycles. The molecule has 0 aliphatic carbocycles. The number of para-hydroxylation sites is 1. The summed E-state index contributed by atoms with van der Waals surface area (Å²) in [5, 5.41) is 12.2. The summed E-state index contributed by atoms with van der Waals surface area (Å²) in [7, 11) is 0. The second-order valence-corrected chi connectivity index (χ2v) is 7.20. The molecule has 1 amide bonds. The summed E-state index contributed by atoms with van der Waals surface area (Å²) in [4.78, 5) is 14.2. The lowest BCUT2D eigenvalue weighted by atomic mass is 10.2. The summed E-state index contributed by atoms with van der Waals surface area (Å²) < 4.78 is 5.60. The summed E-state index contributed by atoms with van der Waals surface area (Å²) in [5.41, 5.74) is 3.10. The van der Waals surface area contributed by atoms with Gasteiger partial charge in [-0.3, -0.25) is 4.79 Å². The first-order valence-corrected chi connectivity index (χ1v) is 9.57. The molecule has 0 spiro atoms. The van der Waals surface area contributed by atoms with Crippen molar-refractivity contribution in [3.05, 3.63) is 77.3 Å². The van der Waals surface area contributed by atoms with Crippen LogP contribution in [0.2, 0.25) is 5.02 Å². The van der Waals surface area contributed by atoms with Crippen LogP contribution in [0, 0.1) is 0 Å². The molecule has 0 atom stereocenters. The van der Waals surface area contributed by atoms with Gasteiger partial charge in [0.15, 0.2) is 0 Å². The van der Waals surface area contributed by atoms with Crippen molar-refractivity contribution >= 4 is 34.2 Å². The maximum atomic E-state index is 12.6. The Labute approximate surface area is 173 Å². The quantitative estimate of drug-likeness (QED) is 0.499. The van der Waals surface area contributed by atoms with Crippen molar-refractivity contribution < 1.29 is 9.53 Å². The summed E-state index contributed by atoms with van der Waals surface area (Å²) in [5.74, 6) is 0.450. The number of halogens is 1. The van der Waals surface area contributed by atoms with Crippen LogP contribution in [0.5, 0.6) is 5.75 Å². The highest BCUT2D eigenvalue weighted by atomic mass is 35.5. The van der Waals surface area contributed by atoms with E-state index in [4.69, 9.17) is 16.3 Å². The largest absolute Gasteiger partial charge is 0.491 e. The Kier molecular flexibility index (Phi) is 5.18. The van der Waals surface area contributed by atoms with E-state index in [-0.39, 0.29) is 12.0 Å². The number of anilines is 1. The molecular weight excluding hydrogens is 388 g/mol. The Bertz CT molecular complexity index is 1150. The fraction of sp³-hybridized carbons (Fsp3) is 0.136. The lowest BCUT2D eigenvalue weighted by Gasteiger charge is -2.10. The number of hydrogen-bond acceptors (Lipinski definition) is 4. The zero-order valence-corrected chi connectivity index (χ0v) is 16.7. The van der Waals surface area contributed by atoms with Crippen molar-refractivity contribution in [3.8, 4) is 11.4 Å². The molecule has 6 nitrogen and oxygen atoms in total. The Morgan fingerprint density at radius 1 is 1.00 bits per heavy atom. The van der Waals surface area contributed by atoms with Gasteiger partial charge in [-0.2, -0.15) is 4.80 Å². The van der Waals surface area contributed by atoms with Crippen molar-refractivity contribution in [2.75, 3.05) is 5.32 Å². The summed E-state index contributed by atoms with van der Waals surface area (Å²) in [6, 6.07) is 20.0. The average Bonchev–Trinajstić information content (AvgIpc) is 3.11. The van der Waals surface area contributed by atoms with Gasteiger partial charge >= 0.3 is 0 Å². The number of carbonyl (C=O) groups excluding carboxylic acids is 1. The van der Waals surface area contributed by atoms with Crippen LogP contribution >= 0.6 is 11.6 Å². The van der Waals surface area contributed by atoms with E-state index in [1.165, 1.54) is 0 Å². The smallest absolute Gasteiger partial charge is 0.255 e. The third-order valence-corrected chi connectivity index (χ3v) is 4.51. The van der Waals surface area contributed by atoms with Crippen LogP contribution in [0.4, 0.5) is 5.69 Å². The number of benzene rings is 3. The van der Waals surface area contributed by atoms with E-state index in [2.05, 4.69) is 15.5 Å². The Hall–Kier alpha value is -3.38. The molecule has 0 radical (unpaired) electrons. The SMILES string of the molecule is CC(C)Oc1ccc(C(=O)Nc2cc3nn(-c4ccccc4)nc3cc2Cl)cc1. The molecule has 1 heterocycles. The summed E-state index contributed by atoms with van der Waals surface area (Å²) >= 11 is 6.36. The molecule has 0 bridgehead atoms. The zero-order chi connectivity index (χ0) is 20.4. The number of amides is 1. The minimum Gasteiger partial charge on any atom is -0.491 e. The van der Waals surface area contributed by atoms with Gasteiger partial charge in [-0.25, -0.2) is 0 Å². The average molecular weight is 407 g/mol. The minimum atomic E-state index is -0.266. The van der Waals surface area contributed by atoms with E-state index >= 15 is 0 Å². The van der Waals surface area contributed by atoms with Crippen molar-refractivity contribution in [3.63, 3.8) is 0 Å². The maximum absolute atomic E-state index is 12.6. The predicted octanol–water partition coefficient (Wildman–Crippen LogP) is 5.11. The Morgan fingerprint density at radius 3 is 2.31 bits per heavy atom. The number of hydrogen-bond donors (Lipinski definition) is 1. The molecule has 4 aromatic rings. The van der Waals surface area contributed by atoms with Gasteiger partial charge in [-0.05, 0) is 62.4 Å². The maximum Gasteiger partial charge on any atom is 0.255 e. The van der Waals surface area contributed by atoms with Gasteiger partial charge in [0.25, 0.3) is 5.91 Å². The first-order valence-electron chi connectivity index (χ1n) is 9.20. The van der Waals surface area contributed by atoms with Gasteiger partial charge in [0, 0.05) is 5.56 Å². The monoisotopic (exact) mass is 406 g/mol. The number of fused-ring (bicyclic) bond motifs is 1. The normalized spacial score (nSPS) is 11.0. The summed E-state index contributed by atoms with van der Waals surface area (Å²) in [6.07, 6.45) is 0.0736. The number of carbonyl (C=O) groups is 1. The van der Waals surface area contributed by atoms with E-state index in [1.807, 2.05) is 44.2 Å². The van der Waals surface area contributed by atoms with E-state index in [0.29, 0.717) is 33.1 Å². The first-order chi connectivity index (χ1) is 14.0. The summed E-state index contributed by atoms with van der Waals surface area (Å²) in [6.45, 7) is 3.90. The number of rotatable bonds is 5. The number of ether oxygens (including phenoxy) is 1. The molecule has 29 heavy (non-hydrogen) atoms. The van der Waals surface area contributed by atoms with Crippen LogP contribution in [-0.4, -0.2) is 27.0 Å². The van der Waals surface area contributed by atoms with E-state index in [0.717, 1.165) is 5.69 Å². The molecule has 1 aromatic heterocycles. The van der Waals surface area contributed by atoms with E-state index in [1.54, 1.807) is 41.2 Å². The second-order valence-electron chi connectivity index (χ2n) is 6.79. The van der Waals surface area contributed by atoms with E-state index < -0.39 is 0 Å². The second kappa shape index (κ2) is 7.93. The predicted molar refractivity (Wildman–Crippen MR) is 114 cm³/mol. The highest BCUT2D eigenvalue weighted by molar-refractivity contribution is 6.34. The van der Waals surface area contributed by atoms with Crippen molar-refractivity contribution in [2.45, 2.75) is 20.0 Å². The number of aromatic nitrogens is 3. The van der Waals surface area contributed by atoms with Gasteiger partial charge in [-0.1, -0.05) is 29.8 Å². The van der Waals surface area contributed by atoms with Gasteiger partial charge in [0.2, 0.25) is 0 Å². The van der Waals surface area contributed by atoms with Crippen LogP contribution < -0.4 is 10.1 Å². The fourth-order valence-electron chi connectivity index (χ4n) is 2.86.